The summed E-state index contributed by atoms with van der Waals surface area (Å²) < 4.78 is 4.21. The molecule has 7 nitrogen and oxygen atoms in total. The first kappa shape index (κ1) is 26.4. The van der Waals surface area contributed by atoms with Crippen LogP contribution in [0, 0.1) is 6.92 Å². The molecule has 7 heteroatoms. The molecule has 0 bridgehead atoms. The van der Waals surface area contributed by atoms with Crippen LogP contribution in [0.4, 0.5) is 11.4 Å². The lowest BCUT2D eigenvalue weighted by atomic mass is 9.90. The quantitative estimate of drug-likeness (QED) is 0.280. The van der Waals surface area contributed by atoms with Gasteiger partial charge in [-0.2, -0.15) is 0 Å². The highest BCUT2D eigenvalue weighted by molar-refractivity contribution is 6.15. The van der Waals surface area contributed by atoms with Crippen LogP contribution < -0.4 is 15.1 Å². The average Bonchev–Trinajstić information content (AvgIpc) is 3.28. The fourth-order valence-electron chi connectivity index (χ4n) is 5.35. The van der Waals surface area contributed by atoms with Crippen LogP contribution in [0.3, 0.4) is 0 Å². The molecule has 1 unspecified atom stereocenters. The second kappa shape index (κ2) is 9.84. The molecule has 0 radical (unpaired) electrons. The van der Waals surface area contributed by atoms with Crippen molar-refractivity contribution in [2.75, 3.05) is 33.2 Å². The van der Waals surface area contributed by atoms with E-state index in [1.807, 2.05) is 110 Å². The number of quaternary nitrogens is 1. The summed E-state index contributed by atoms with van der Waals surface area (Å²) in [6.07, 6.45) is 0. The number of amides is 1. The number of aromatic nitrogens is 2. The van der Waals surface area contributed by atoms with E-state index in [0.717, 1.165) is 28.3 Å². The smallest absolute Gasteiger partial charge is 0.279 e. The average molecular weight is 523 g/mol. The maximum atomic E-state index is 14.2. The molecule has 2 heterocycles. The molecule has 5 rings (SSSR count). The lowest BCUT2D eigenvalue weighted by Crippen LogP contribution is -2.38. The van der Waals surface area contributed by atoms with E-state index >= 15 is 0 Å². The number of rotatable bonds is 5. The van der Waals surface area contributed by atoms with Gasteiger partial charge in [0.25, 0.3) is 11.5 Å². The number of anilines is 1. The molecule has 0 N–H and O–H groups in total. The molecule has 1 saturated heterocycles. The highest BCUT2D eigenvalue weighted by Gasteiger charge is 2.42. The fraction of sp³-hybridized carbons (Fsp3) is 0.250. The van der Waals surface area contributed by atoms with Gasteiger partial charge in [-0.1, -0.05) is 36.4 Å². The number of carbonyl (C=O) groups is 1. The third-order valence-electron chi connectivity index (χ3n) is 7.72. The van der Waals surface area contributed by atoms with E-state index in [4.69, 9.17) is 0 Å². The molecule has 1 atom stereocenters. The molecule has 1 aliphatic heterocycles. The maximum absolute atomic E-state index is 14.2. The molecule has 1 fully saturated rings. The van der Waals surface area contributed by atoms with Gasteiger partial charge in [0.05, 0.1) is 44.1 Å². The minimum Gasteiger partial charge on any atom is -0.298 e. The Morgan fingerprint density at radius 2 is 1.31 bits per heavy atom. The van der Waals surface area contributed by atoms with E-state index in [1.165, 1.54) is 0 Å². The summed E-state index contributed by atoms with van der Waals surface area (Å²) in [5.41, 5.74) is 6.00. The number of likely N-dealkylation sites (N-methyl/N-ethyl adjacent to an activating group) is 1. The largest absolute Gasteiger partial charge is 0.298 e. The predicted octanol–water partition coefficient (Wildman–Crippen LogP) is 4.77. The number of benzene rings is 3. The molecular formula is C32H36N5O2+. The number of carbonyl (C=O) groups excluding carboxylic acids is 1. The molecule has 200 valence electrons. The second-order valence-corrected chi connectivity index (χ2v) is 11.0. The summed E-state index contributed by atoms with van der Waals surface area (Å²) in [6, 6.07) is 27.2. The van der Waals surface area contributed by atoms with E-state index in [0.29, 0.717) is 21.2 Å². The molecule has 39 heavy (non-hydrogen) atoms. The van der Waals surface area contributed by atoms with Gasteiger partial charge in [0.15, 0.2) is 0 Å². The zero-order valence-electron chi connectivity index (χ0n) is 23.7. The first-order valence-electron chi connectivity index (χ1n) is 13.2. The van der Waals surface area contributed by atoms with Crippen molar-refractivity contribution in [3.8, 4) is 5.69 Å². The van der Waals surface area contributed by atoms with Gasteiger partial charge < -0.3 is 0 Å². The molecule has 3 aromatic carbocycles. The summed E-state index contributed by atoms with van der Waals surface area (Å²) in [6.45, 7) is 3.96. The van der Waals surface area contributed by atoms with Crippen LogP contribution in [0.1, 0.15) is 23.7 Å². The number of nitrogens with zero attached hydrogens (tertiary/aromatic N) is 5. The summed E-state index contributed by atoms with van der Waals surface area (Å²) in [7, 11) is 10.1. The summed E-state index contributed by atoms with van der Waals surface area (Å²) in [5.74, 6) is -0.129. The van der Waals surface area contributed by atoms with E-state index in [2.05, 4.69) is 33.3 Å². The van der Waals surface area contributed by atoms with E-state index in [1.54, 1.807) is 9.69 Å². The number of hydrazine groups is 1. The lowest BCUT2D eigenvalue weighted by molar-refractivity contribution is -0.115. The maximum Gasteiger partial charge on any atom is 0.279 e. The first-order valence-corrected chi connectivity index (χ1v) is 13.2. The van der Waals surface area contributed by atoms with Crippen molar-refractivity contribution < 1.29 is 4.79 Å². The zero-order chi connectivity index (χ0) is 28.1. The number of hydrogen-bond donors (Lipinski definition) is 0. The minimum absolute atomic E-state index is 0.129. The highest BCUT2D eigenvalue weighted by atomic mass is 16.2. The molecule has 1 amide bonds. The van der Waals surface area contributed by atoms with Crippen LogP contribution in [-0.4, -0.2) is 54.5 Å². The van der Waals surface area contributed by atoms with Gasteiger partial charge in [0, 0.05) is 30.9 Å². The van der Waals surface area contributed by atoms with Crippen LogP contribution in [0.2, 0.25) is 0 Å². The van der Waals surface area contributed by atoms with Gasteiger partial charge in [-0.3, -0.25) is 18.8 Å². The fourth-order valence-corrected chi connectivity index (χ4v) is 5.35. The molecule has 0 saturated carbocycles. The number of hydrogen-bond acceptors (Lipinski definition) is 3. The van der Waals surface area contributed by atoms with Crippen LogP contribution in [-0.2, 0) is 11.8 Å². The Bertz CT molecular complexity index is 1610. The molecule has 1 aromatic heterocycles. The van der Waals surface area contributed by atoms with Gasteiger partial charge >= 0.3 is 0 Å². The van der Waals surface area contributed by atoms with Gasteiger partial charge in [-0.25, -0.2) is 14.7 Å². The molecular weight excluding hydrogens is 486 g/mol. The minimum atomic E-state index is -0.255. The monoisotopic (exact) mass is 522 g/mol. The summed E-state index contributed by atoms with van der Waals surface area (Å²) in [4.78, 5) is 28.5. The van der Waals surface area contributed by atoms with Crippen LogP contribution >= 0.6 is 0 Å². The first-order chi connectivity index (χ1) is 18.5. The normalized spacial score (nSPS) is 17.7. The van der Waals surface area contributed by atoms with Crippen molar-refractivity contribution in [1.29, 1.82) is 0 Å². The standard InChI is InChI=1S/C32H36N5O2/c1-22-28(31(38)35(33(22)3)25-14-10-8-11-15-25)30(24-18-20-27(21-19-24)37(5,6)7)29-23(2)34(4)36(32(29)39)26-16-12-9-13-17-26/h8-22H,1-7H3/q+1/b30-28+. The van der Waals surface area contributed by atoms with Crippen molar-refractivity contribution in [2.45, 2.75) is 19.9 Å². The second-order valence-electron chi connectivity index (χ2n) is 11.0. The Kier molecular flexibility index (Phi) is 6.66. The predicted molar refractivity (Wildman–Crippen MR) is 159 cm³/mol. The Hall–Kier alpha value is -4.20. The third-order valence-corrected chi connectivity index (χ3v) is 7.72. The van der Waals surface area contributed by atoms with Gasteiger partial charge in [-0.15, -0.1) is 0 Å². The Labute approximate surface area is 230 Å². The van der Waals surface area contributed by atoms with Crippen molar-refractivity contribution in [3.63, 3.8) is 0 Å². The van der Waals surface area contributed by atoms with Crippen LogP contribution in [0.15, 0.2) is 95.3 Å². The Balaban J connectivity index is 1.81. The Morgan fingerprint density at radius 1 is 0.769 bits per heavy atom. The number of para-hydroxylation sites is 2. The van der Waals surface area contributed by atoms with E-state index in [-0.39, 0.29) is 17.5 Å². The molecule has 0 aliphatic carbocycles. The third kappa shape index (κ3) is 4.43. The highest BCUT2D eigenvalue weighted by Crippen LogP contribution is 2.38. The Morgan fingerprint density at radius 3 is 1.85 bits per heavy atom. The van der Waals surface area contributed by atoms with Crippen LogP contribution in [0.5, 0.6) is 0 Å². The van der Waals surface area contributed by atoms with Gasteiger partial charge in [0.1, 0.15) is 5.69 Å². The van der Waals surface area contributed by atoms with Gasteiger partial charge in [0.2, 0.25) is 0 Å². The van der Waals surface area contributed by atoms with Crippen molar-refractivity contribution >= 4 is 22.9 Å². The topological polar surface area (TPSA) is 50.5 Å². The molecule has 4 aromatic rings. The van der Waals surface area contributed by atoms with E-state index in [9.17, 15) is 9.59 Å². The van der Waals surface area contributed by atoms with Crippen molar-refractivity contribution in [1.82, 2.24) is 18.9 Å². The van der Waals surface area contributed by atoms with Crippen LogP contribution in [0.25, 0.3) is 11.3 Å². The van der Waals surface area contributed by atoms with Gasteiger partial charge in [-0.05, 0) is 67.9 Å². The summed E-state index contributed by atoms with van der Waals surface area (Å²) in [5, 5.41) is 3.65. The molecule has 0 spiro atoms. The zero-order valence-corrected chi connectivity index (χ0v) is 23.7. The molecule has 1 aliphatic rings. The summed E-state index contributed by atoms with van der Waals surface area (Å²) >= 11 is 0. The van der Waals surface area contributed by atoms with Crippen molar-refractivity contribution in [3.05, 3.63) is 118 Å². The van der Waals surface area contributed by atoms with Crippen molar-refractivity contribution in [2.24, 2.45) is 7.05 Å². The van der Waals surface area contributed by atoms with E-state index < -0.39 is 0 Å². The SMILES string of the molecule is Cc1c(/C(=C2/C(=O)N(c3ccccc3)N(C)C2C)c2ccc([N+](C)(C)C)cc2)c(=O)n(-c2ccccc2)n1C. The lowest BCUT2D eigenvalue weighted by Gasteiger charge is -2.26.